The minimum Gasteiger partial charge on any atom is -0.494 e. The van der Waals surface area contributed by atoms with E-state index in [4.69, 9.17) is 10.5 Å². The first kappa shape index (κ1) is 13.9. The second-order valence-corrected chi connectivity index (χ2v) is 4.44. The third-order valence-corrected chi connectivity index (χ3v) is 3.03. The van der Waals surface area contributed by atoms with Gasteiger partial charge in [0.15, 0.2) is 0 Å². The van der Waals surface area contributed by atoms with Crippen LogP contribution in [0.1, 0.15) is 28.9 Å². The van der Waals surface area contributed by atoms with Crippen LogP contribution in [0.25, 0.3) is 0 Å². The monoisotopic (exact) mass is 271 g/mol. The third kappa shape index (κ3) is 3.06. The number of carbonyl (C=O) groups is 1. The fourth-order valence-electron chi connectivity index (χ4n) is 1.87. The maximum absolute atomic E-state index is 12.2. The molecule has 0 radical (unpaired) electrons. The van der Waals surface area contributed by atoms with Crippen molar-refractivity contribution in [2.24, 2.45) is 0 Å². The quantitative estimate of drug-likeness (QED) is 0.835. The molecule has 0 aliphatic rings. The fourth-order valence-corrected chi connectivity index (χ4v) is 1.87. The number of pyridine rings is 1. The minimum atomic E-state index is -0.200. The average Bonchev–Trinajstić information content (AvgIpc) is 2.47. The van der Waals surface area contributed by atoms with Gasteiger partial charge in [0, 0.05) is 11.9 Å². The Bertz CT molecular complexity index is 596. The first-order valence-corrected chi connectivity index (χ1v) is 6.26. The lowest BCUT2D eigenvalue weighted by Crippen LogP contribution is -2.27. The van der Waals surface area contributed by atoms with E-state index in [9.17, 15) is 4.79 Å². The molecule has 1 unspecified atom stereocenters. The van der Waals surface area contributed by atoms with E-state index < -0.39 is 0 Å². The van der Waals surface area contributed by atoms with Crippen LogP contribution >= 0.6 is 0 Å². The predicted molar refractivity (Wildman–Crippen MR) is 77.5 cm³/mol. The zero-order valence-electron chi connectivity index (χ0n) is 11.5. The van der Waals surface area contributed by atoms with Crippen LogP contribution in [-0.4, -0.2) is 18.0 Å². The third-order valence-electron chi connectivity index (χ3n) is 3.03. The van der Waals surface area contributed by atoms with Gasteiger partial charge in [-0.3, -0.25) is 9.78 Å². The molecule has 5 heteroatoms. The van der Waals surface area contributed by atoms with Crippen LogP contribution in [0.2, 0.25) is 0 Å². The van der Waals surface area contributed by atoms with Crippen LogP contribution in [0.4, 0.5) is 5.69 Å². The SMILES string of the molecule is COc1cnccc1C(=O)NC(C)c1ccc(N)cc1. The van der Waals surface area contributed by atoms with Gasteiger partial charge in [-0.2, -0.15) is 0 Å². The van der Waals surface area contributed by atoms with Crippen LogP contribution in [0.3, 0.4) is 0 Å². The maximum atomic E-state index is 12.2. The predicted octanol–water partition coefficient (Wildman–Crippen LogP) is 2.16. The Hall–Kier alpha value is -2.56. The van der Waals surface area contributed by atoms with Crippen LogP contribution in [0.5, 0.6) is 5.75 Å². The molecule has 0 aliphatic heterocycles. The van der Waals surface area contributed by atoms with Crippen molar-refractivity contribution in [3.05, 3.63) is 53.9 Å². The smallest absolute Gasteiger partial charge is 0.255 e. The Morgan fingerprint density at radius 1 is 1.30 bits per heavy atom. The fraction of sp³-hybridized carbons (Fsp3) is 0.200. The Morgan fingerprint density at radius 2 is 2.00 bits per heavy atom. The Labute approximate surface area is 117 Å². The normalized spacial score (nSPS) is 11.7. The summed E-state index contributed by atoms with van der Waals surface area (Å²) < 4.78 is 5.13. The molecule has 0 bridgehead atoms. The minimum absolute atomic E-state index is 0.124. The highest BCUT2D eigenvalue weighted by atomic mass is 16.5. The second-order valence-electron chi connectivity index (χ2n) is 4.44. The highest BCUT2D eigenvalue weighted by Gasteiger charge is 2.15. The van der Waals surface area contributed by atoms with Gasteiger partial charge in [-0.25, -0.2) is 0 Å². The zero-order chi connectivity index (χ0) is 14.5. The van der Waals surface area contributed by atoms with Gasteiger partial charge < -0.3 is 15.8 Å². The summed E-state index contributed by atoms with van der Waals surface area (Å²) in [6, 6.07) is 8.91. The molecular weight excluding hydrogens is 254 g/mol. The van der Waals surface area contributed by atoms with E-state index in [1.54, 1.807) is 12.3 Å². The number of aromatic nitrogens is 1. The Kier molecular flexibility index (Phi) is 4.20. The van der Waals surface area contributed by atoms with E-state index in [0.29, 0.717) is 17.0 Å². The highest BCUT2D eigenvalue weighted by Crippen LogP contribution is 2.18. The van der Waals surface area contributed by atoms with Crippen molar-refractivity contribution in [3.63, 3.8) is 0 Å². The highest BCUT2D eigenvalue weighted by molar-refractivity contribution is 5.96. The number of carbonyl (C=O) groups excluding carboxylic acids is 1. The lowest BCUT2D eigenvalue weighted by Gasteiger charge is -2.15. The maximum Gasteiger partial charge on any atom is 0.255 e. The van der Waals surface area contributed by atoms with Crippen molar-refractivity contribution < 1.29 is 9.53 Å². The van der Waals surface area contributed by atoms with Crippen molar-refractivity contribution in [3.8, 4) is 5.75 Å². The number of nitrogens with one attached hydrogen (secondary N) is 1. The van der Waals surface area contributed by atoms with Crippen LogP contribution in [0, 0.1) is 0 Å². The summed E-state index contributed by atoms with van der Waals surface area (Å²) in [4.78, 5) is 16.2. The number of amides is 1. The van der Waals surface area contributed by atoms with Gasteiger partial charge in [-0.1, -0.05) is 12.1 Å². The number of hydrogen-bond acceptors (Lipinski definition) is 4. The molecule has 2 rings (SSSR count). The molecule has 5 nitrogen and oxygen atoms in total. The first-order chi connectivity index (χ1) is 9.61. The van der Waals surface area contributed by atoms with Gasteiger partial charge in [-0.15, -0.1) is 0 Å². The lowest BCUT2D eigenvalue weighted by molar-refractivity contribution is 0.0936. The van der Waals surface area contributed by atoms with Gasteiger partial charge in [-0.05, 0) is 30.7 Å². The molecule has 0 spiro atoms. The summed E-state index contributed by atoms with van der Waals surface area (Å²) in [6.07, 6.45) is 3.08. The van der Waals surface area contributed by atoms with Crippen LogP contribution < -0.4 is 15.8 Å². The largest absolute Gasteiger partial charge is 0.494 e. The number of rotatable bonds is 4. The molecule has 2 aromatic rings. The number of methoxy groups -OCH3 is 1. The summed E-state index contributed by atoms with van der Waals surface area (Å²) in [7, 11) is 1.51. The standard InChI is InChI=1S/C15H17N3O2/c1-10(11-3-5-12(16)6-4-11)18-15(19)13-7-8-17-9-14(13)20-2/h3-10H,16H2,1-2H3,(H,18,19). The van der Waals surface area contributed by atoms with Crippen molar-refractivity contribution in [2.75, 3.05) is 12.8 Å². The summed E-state index contributed by atoms with van der Waals surface area (Å²) in [5.74, 6) is 0.253. The molecule has 1 aromatic carbocycles. The average molecular weight is 271 g/mol. The summed E-state index contributed by atoms with van der Waals surface area (Å²) in [6.45, 7) is 1.91. The van der Waals surface area contributed by atoms with Gasteiger partial charge in [0.05, 0.1) is 24.9 Å². The van der Waals surface area contributed by atoms with Crippen LogP contribution in [0.15, 0.2) is 42.7 Å². The van der Waals surface area contributed by atoms with E-state index in [0.717, 1.165) is 5.56 Å². The van der Waals surface area contributed by atoms with E-state index in [-0.39, 0.29) is 11.9 Å². The molecule has 3 N–H and O–H groups in total. The molecule has 0 saturated heterocycles. The number of ether oxygens (including phenoxy) is 1. The van der Waals surface area contributed by atoms with E-state index in [1.807, 2.05) is 31.2 Å². The van der Waals surface area contributed by atoms with E-state index >= 15 is 0 Å². The van der Waals surface area contributed by atoms with Gasteiger partial charge in [0.2, 0.25) is 0 Å². The molecule has 1 amide bonds. The van der Waals surface area contributed by atoms with Crippen molar-refractivity contribution in [2.45, 2.75) is 13.0 Å². The Balaban J connectivity index is 2.13. The summed E-state index contributed by atoms with van der Waals surface area (Å²) >= 11 is 0. The molecule has 1 atom stereocenters. The molecule has 104 valence electrons. The number of nitrogens with two attached hydrogens (primary N) is 1. The number of benzene rings is 1. The summed E-state index contributed by atoms with van der Waals surface area (Å²) in [5, 5.41) is 2.92. The molecular formula is C15H17N3O2. The molecule has 20 heavy (non-hydrogen) atoms. The molecule has 0 aliphatic carbocycles. The molecule has 1 aromatic heterocycles. The van der Waals surface area contributed by atoms with Gasteiger partial charge in [0.1, 0.15) is 5.75 Å². The second kappa shape index (κ2) is 6.06. The zero-order valence-corrected chi connectivity index (χ0v) is 11.5. The van der Waals surface area contributed by atoms with Crippen molar-refractivity contribution >= 4 is 11.6 Å². The Morgan fingerprint density at radius 3 is 2.65 bits per heavy atom. The number of nitrogens with zero attached hydrogens (tertiary/aromatic N) is 1. The topological polar surface area (TPSA) is 77.2 Å². The number of anilines is 1. The molecule has 1 heterocycles. The molecule has 0 fully saturated rings. The molecule has 0 saturated carbocycles. The first-order valence-electron chi connectivity index (χ1n) is 6.26. The summed E-state index contributed by atoms with van der Waals surface area (Å²) in [5.41, 5.74) is 7.79. The number of nitrogen functional groups attached to an aromatic ring is 1. The lowest BCUT2D eigenvalue weighted by atomic mass is 10.1. The van der Waals surface area contributed by atoms with Crippen molar-refractivity contribution in [1.29, 1.82) is 0 Å². The van der Waals surface area contributed by atoms with Gasteiger partial charge >= 0.3 is 0 Å². The van der Waals surface area contributed by atoms with E-state index in [1.165, 1.54) is 13.3 Å². The van der Waals surface area contributed by atoms with Crippen molar-refractivity contribution in [1.82, 2.24) is 10.3 Å². The van der Waals surface area contributed by atoms with Gasteiger partial charge in [0.25, 0.3) is 5.91 Å². The number of hydrogen-bond donors (Lipinski definition) is 2. The van der Waals surface area contributed by atoms with Crippen LogP contribution in [-0.2, 0) is 0 Å². The van der Waals surface area contributed by atoms with E-state index in [2.05, 4.69) is 10.3 Å².